The fourth-order valence-electron chi connectivity index (χ4n) is 2.35. The Morgan fingerprint density at radius 2 is 2.15 bits per heavy atom. The molecule has 2 aromatic rings. The molecule has 0 spiro atoms. The summed E-state index contributed by atoms with van der Waals surface area (Å²) in [4.78, 5) is 5.52. The summed E-state index contributed by atoms with van der Waals surface area (Å²) in [5, 5.41) is 4.33. The van der Waals surface area contributed by atoms with Gasteiger partial charge in [0.2, 0.25) is 0 Å². The number of aryl methyl sites for hydroxylation is 3. The molecule has 0 radical (unpaired) electrons. The van der Waals surface area contributed by atoms with Gasteiger partial charge in [-0.25, -0.2) is 13.4 Å². The van der Waals surface area contributed by atoms with Crippen molar-refractivity contribution in [3.05, 3.63) is 16.3 Å². The van der Waals surface area contributed by atoms with Crippen LogP contribution in [0.5, 0.6) is 0 Å². The first-order valence-electron chi connectivity index (χ1n) is 6.19. The zero-order valence-electron chi connectivity index (χ0n) is 11.2. The molecule has 3 rings (SSSR count). The number of sulfonamides is 1. The van der Waals surface area contributed by atoms with Crippen LogP contribution in [0.2, 0.25) is 0 Å². The van der Waals surface area contributed by atoms with E-state index >= 15 is 0 Å². The average Bonchev–Trinajstić information content (AvgIpc) is 2.93. The molecule has 0 aliphatic heterocycles. The van der Waals surface area contributed by atoms with E-state index in [2.05, 4.69) is 14.8 Å². The first kappa shape index (κ1) is 13.4. The molecule has 2 aromatic heterocycles. The molecule has 0 aromatic carbocycles. The molecular weight excluding hydrogens is 298 g/mol. The lowest BCUT2D eigenvalue weighted by molar-refractivity contribution is 0.600. The number of anilines is 2. The minimum atomic E-state index is -3.75. The van der Waals surface area contributed by atoms with Crippen molar-refractivity contribution in [3.63, 3.8) is 0 Å². The number of rotatable bonds is 3. The number of nitrogens with one attached hydrogen (secondary N) is 1. The molecule has 0 unspecified atom stereocenters. The highest BCUT2D eigenvalue weighted by Crippen LogP contribution is 2.32. The number of nitrogens with two attached hydrogens (primary N) is 1. The number of nitrogen functional groups attached to an aromatic ring is 1. The molecule has 1 aliphatic rings. The Balaban J connectivity index is 1.96. The van der Waals surface area contributed by atoms with Crippen LogP contribution < -0.4 is 10.5 Å². The summed E-state index contributed by atoms with van der Waals surface area (Å²) in [5.41, 5.74) is 7.19. The van der Waals surface area contributed by atoms with Gasteiger partial charge < -0.3 is 5.73 Å². The van der Waals surface area contributed by atoms with Crippen molar-refractivity contribution in [2.75, 3.05) is 10.5 Å². The molecule has 0 saturated carbocycles. The van der Waals surface area contributed by atoms with Gasteiger partial charge in [0.05, 0.1) is 11.4 Å². The van der Waals surface area contributed by atoms with Crippen LogP contribution in [0.3, 0.4) is 0 Å². The Morgan fingerprint density at radius 3 is 2.75 bits per heavy atom. The van der Waals surface area contributed by atoms with Crippen molar-refractivity contribution in [2.45, 2.75) is 31.1 Å². The van der Waals surface area contributed by atoms with Gasteiger partial charge in [-0.1, -0.05) is 0 Å². The second-order valence-electron chi connectivity index (χ2n) is 4.77. The molecule has 20 heavy (non-hydrogen) atoms. The molecular formula is C11H15N5O2S2. The maximum atomic E-state index is 12.4. The molecule has 0 bridgehead atoms. The summed E-state index contributed by atoms with van der Waals surface area (Å²) in [6.07, 6.45) is 2.99. The van der Waals surface area contributed by atoms with Gasteiger partial charge in [0.15, 0.2) is 15.8 Å². The van der Waals surface area contributed by atoms with E-state index in [0.717, 1.165) is 25.0 Å². The van der Waals surface area contributed by atoms with Crippen molar-refractivity contribution in [1.82, 2.24) is 14.8 Å². The van der Waals surface area contributed by atoms with Crippen LogP contribution in [0.15, 0.2) is 4.90 Å². The van der Waals surface area contributed by atoms with Gasteiger partial charge >= 0.3 is 0 Å². The summed E-state index contributed by atoms with van der Waals surface area (Å²) in [6, 6.07) is 0. The molecule has 7 nitrogen and oxygen atoms in total. The lowest BCUT2D eigenvalue weighted by Crippen LogP contribution is -2.15. The van der Waals surface area contributed by atoms with Crippen molar-refractivity contribution in [1.29, 1.82) is 0 Å². The molecule has 9 heteroatoms. The standard InChI is InChI=1S/C11H15N5O2S2/c1-6-9(10(12)14-16(6)2)20(17,18)15-11-13-7-4-3-5-8(7)19-11/h3-5H2,1-2H3,(H2,12,14)(H,13,15). The van der Waals surface area contributed by atoms with E-state index in [-0.39, 0.29) is 10.7 Å². The second-order valence-corrected chi connectivity index (χ2v) is 7.47. The molecule has 0 amide bonds. The highest BCUT2D eigenvalue weighted by molar-refractivity contribution is 7.93. The highest BCUT2D eigenvalue weighted by atomic mass is 32.2. The number of thiazole rings is 1. The fourth-order valence-corrected chi connectivity index (χ4v) is 4.96. The predicted molar refractivity (Wildman–Crippen MR) is 77.3 cm³/mol. The van der Waals surface area contributed by atoms with Gasteiger partial charge in [-0.05, 0) is 26.2 Å². The Hall–Kier alpha value is -1.61. The van der Waals surface area contributed by atoms with E-state index in [0.29, 0.717) is 10.8 Å². The van der Waals surface area contributed by atoms with E-state index in [9.17, 15) is 8.42 Å². The fraction of sp³-hybridized carbons (Fsp3) is 0.455. The third-order valence-electron chi connectivity index (χ3n) is 3.39. The number of aromatic nitrogens is 3. The zero-order valence-corrected chi connectivity index (χ0v) is 12.8. The maximum absolute atomic E-state index is 12.4. The van der Waals surface area contributed by atoms with E-state index in [1.165, 1.54) is 20.9 Å². The summed E-state index contributed by atoms with van der Waals surface area (Å²) < 4.78 is 28.8. The van der Waals surface area contributed by atoms with Gasteiger partial charge in [-0.2, -0.15) is 5.10 Å². The van der Waals surface area contributed by atoms with Crippen LogP contribution in [-0.4, -0.2) is 23.2 Å². The molecule has 108 valence electrons. The van der Waals surface area contributed by atoms with Crippen molar-refractivity contribution in [3.8, 4) is 0 Å². The topological polar surface area (TPSA) is 103 Å². The lowest BCUT2D eigenvalue weighted by Gasteiger charge is -2.05. The van der Waals surface area contributed by atoms with Crippen molar-refractivity contribution >= 4 is 32.3 Å². The minimum Gasteiger partial charge on any atom is -0.381 e. The quantitative estimate of drug-likeness (QED) is 0.882. The Kier molecular flexibility index (Phi) is 2.98. The Bertz CT molecular complexity index is 754. The Labute approximate surface area is 120 Å². The zero-order chi connectivity index (χ0) is 14.5. The maximum Gasteiger partial charge on any atom is 0.269 e. The summed E-state index contributed by atoms with van der Waals surface area (Å²) >= 11 is 1.39. The third-order valence-corrected chi connectivity index (χ3v) is 6.10. The predicted octanol–water partition coefficient (Wildman–Crippen LogP) is 1.06. The van der Waals surface area contributed by atoms with Crippen LogP contribution in [-0.2, 0) is 29.9 Å². The molecule has 3 N–H and O–H groups in total. The number of hydrogen-bond donors (Lipinski definition) is 2. The first-order chi connectivity index (χ1) is 9.38. The monoisotopic (exact) mass is 313 g/mol. The second kappa shape index (κ2) is 4.45. The molecule has 0 fully saturated rings. The number of nitrogens with zero attached hydrogens (tertiary/aromatic N) is 3. The van der Waals surface area contributed by atoms with Gasteiger partial charge in [-0.3, -0.25) is 9.40 Å². The normalized spacial score (nSPS) is 14.5. The molecule has 0 atom stereocenters. The summed E-state index contributed by atoms with van der Waals surface area (Å²) in [6.45, 7) is 1.67. The SMILES string of the molecule is Cc1c(S(=O)(=O)Nc2nc3c(s2)CCC3)c(N)nn1C. The van der Waals surface area contributed by atoms with Crippen LogP contribution in [0.25, 0.3) is 0 Å². The third kappa shape index (κ3) is 2.06. The van der Waals surface area contributed by atoms with Gasteiger partial charge in [-0.15, -0.1) is 11.3 Å². The summed E-state index contributed by atoms with van der Waals surface area (Å²) in [7, 11) is -2.10. The highest BCUT2D eigenvalue weighted by Gasteiger charge is 2.27. The van der Waals surface area contributed by atoms with Crippen molar-refractivity contribution in [2.24, 2.45) is 7.05 Å². The number of hydrogen-bond acceptors (Lipinski definition) is 6. The lowest BCUT2D eigenvalue weighted by atomic mass is 10.4. The average molecular weight is 313 g/mol. The molecule has 2 heterocycles. The first-order valence-corrected chi connectivity index (χ1v) is 8.49. The summed E-state index contributed by atoms with van der Waals surface area (Å²) in [5.74, 6) is 0.00148. The molecule has 1 aliphatic carbocycles. The van der Waals surface area contributed by atoms with Gasteiger partial charge in [0, 0.05) is 11.9 Å². The smallest absolute Gasteiger partial charge is 0.269 e. The van der Waals surface area contributed by atoms with E-state index < -0.39 is 10.0 Å². The van der Waals surface area contributed by atoms with Crippen LogP contribution in [0.1, 0.15) is 22.7 Å². The minimum absolute atomic E-state index is 0.00148. The molecule has 0 saturated heterocycles. The largest absolute Gasteiger partial charge is 0.381 e. The van der Waals surface area contributed by atoms with Crippen molar-refractivity contribution < 1.29 is 8.42 Å². The van der Waals surface area contributed by atoms with Crippen LogP contribution in [0.4, 0.5) is 10.9 Å². The van der Waals surface area contributed by atoms with E-state index in [4.69, 9.17) is 5.73 Å². The van der Waals surface area contributed by atoms with E-state index in [1.807, 2.05) is 0 Å². The Morgan fingerprint density at radius 1 is 1.40 bits per heavy atom. The van der Waals surface area contributed by atoms with Gasteiger partial charge in [0.1, 0.15) is 0 Å². The van der Waals surface area contributed by atoms with E-state index in [1.54, 1.807) is 14.0 Å². The van der Waals surface area contributed by atoms with Crippen LogP contribution >= 0.6 is 11.3 Å². The number of fused-ring (bicyclic) bond motifs is 1. The van der Waals surface area contributed by atoms with Crippen LogP contribution in [0, 0.1) is 6.92 Å². The van der Waals surface area contributed by atoms with Gasteiger partial charge in [0.25, 0.3) is 10.0 Å².